The lowest BCUT2D eigenvalue weighted by atomic mass is 9.91. The van der Waals surface area contributed by atoms with Crippen LogP contribution in [0.15, 0.2) is 54.9 Å². The number of benzene rings is 2. The van der Waals surface area contributed by atoms with Crippen LogP contribution < -0.4 is 20.1 Å². The maximum atomic E-state index is 15.8. The van der Waals surface area contributed by atoms with Crippen molar-refractivity contribution >= 4 is 38.5 Å². The van der Waals surface area contributed by atoms with Gasteiger partial charge in [-0.1, -0.05) is 24.3 Å². The van der Waals surface area contributed by atoms with Gasteiger partial charge in [0.1, 0.15) is 5.75 Å². The topological polar surface area (TPSA) is 155 Å². The number of alkyl halides is 3. The number of ether oxygens (including phenoxy) is 1. The Hall–Kier alpha value is -4.73. The fraction of sp³-hybridized carbons (Fsp3) is 0.333. The summed E-state index contributed by atoms with van der Waals surface area (Å²) in [6, 6.07) is 11.1. The summed E-state index contributed by atoms with van der Waals surface area (Å²) in [5.74, 6) is -1.83. The van der Waals surface area contributed by atoms with Crippen LogP contribution in [0.4, 0.5) is 34.0 Å². The highest BCUT2D eigenvalue weighted by molar-refractivity contribution is 7.92. The predicted molar refractivity (Wildman–Crippen MR) is 163 cm³/mol. The van der Waals surface area contributed by atoms with Gasteiger partial charge in [-0.15, -0.1) is 0 Å². The minimum absolute atomic E-state index is 0.0328. The summed E-state index contributed by atoms with van der Waals surface area (Å²) in [4.78, 5) is 24.2. The molecule has 2 aromatic carbocycles. The molecule has 1 saturated carbocycles. The number of hydrogen-bond acceptors (Lipinski definition) is 8. The largest absolute Gasteiger partial charge is 0.465 e. The standard InChI is InChI=1S/C30H30F4N6O5S/c1-17-24(31)25(40-46(43,44)16-13-30(32,33)34)20-5-2-3-6-21(20)26(17)45-27-22(7-4-14-35-27)23-12-15-36-28(39-23)37-18-8-10-19(11-9-18)38-29(41)42/h2-7,12,14-15,18-19,38,40H,8-11,13,16H2,1H3,(H,41,42)(H,36,37,39)/t18-,19-. The van der Waals surface area contributed by atoms with E-state index in [1.165, 1.54) is 25.3 Å². The molecule has 5 rings (SSSR count). The molecule has 46 heavy (non-hydrogen) atoms. The molecule has 1 amide bonds. The van der Waals surface area contributed by atoms with E-state index in [2.05, 4.69) is 25.6 Å². The molecule has 4 N–H and O–H groups in total. The Morgan fingerprint density at radius 1 is 1.00 bits per heavy atom. The van der Waals surface area contributed by atoms with Crippen LogP contribution in [0.1, 0.15) is 37.7 Å². The van der Waals surface area contributed by atoms with Crippen LogP contribution in [0.3, 0.4) is 0 Å². The van der Waals surface area contributed by atoms with Crippen molar-refractivity contribution < 1.29 is 40.6 Å². The van der Waals surface area contributed by atoms with Crippen LogP contribution in [0.5, 0.6) is 11.6 Å². The summed E-state index contributed by atoms with van der Waals surface area (Å²) in [5.41, 5.74) is 0.312. The molecule has 1 fully saturated rings. The average molecular weight is 663 g/mol. The van der Waals surface area contributed by atoms with E-state index in [0.29, 0.717) is 48.3 Å². The highest BCUT2D eigenvalue weighted by Crippen LogP contribution is 2.42. The van der Waals surface area contributed by atoms with Gasteiger partial charge in [-0.2, -0.15) is 13.2 Å². The number of aromatic nitrogens is 3. The molecule has 0 atom stereocenters. The number of pyridine rings is 1. The molecule has 2 aromatic heterocycles. The molecular formula is C30H30F4N6O5S. The minimum atomic E-state index is -4.70. The van der Waals surface area contributed by atoms with Crippen molar-refractivity contribution in [1.29, 1.82) is 0 Å². The van der Waals surface area contributed by atoms with Crippen molar-refractivity contribution in [3.8, 4) is 22.9 Å². The van der Waals surface area contributed by atoms with E-state index >= 15 is 4.39 Å². The van der Waals surface area contributed by atoms with Crippen molar-refractivity contribution in [2.24, 2.45) is 0 Å². The van der Waals surface area contributed by atoms with E-state index in [1.54, 1.807) is 36.5 Å². The zero-order valence-corrected chi connectivity index (χ0v) is 25.3. The van der Waals surface area contributed by atoms with Crippen LogP contribution in [0, 0.1) is 12.7 Å². The van der Waals surface area contributed by atoms with Crippen LogP contribution in [0.25, 0.3) is 22.0 Å². The second-order valence-electron chi connectivity index (χ2n) is 10.8. The summed E-state index contributed by atoms with van der Waals surface area (Å²) in [6.45, 7) is 1.36. The van der Waals surface area contributed by atoms with Gasteiger partial charge < -0.3 is 20.5 Å². The Labute approximate surface area is 261 Å². The molecule has 4 aromatic rings. The number of halogens is 4. The number of amides is 1. The van der Waals surface area contributed by atoms with Crippen LogP contribution in [-0.2, 0) is 10.0 Å². The number of sulfonamides is 1. The number of anilines is 2. The molecule has 0 saturated heterocycles. The first-order chi connectivity index (χ1) is 21.8. The molecule has 244 valence electrons. The smallest absolute Gasteiger partial charge is 0.404 e. The average Bonchev–Trinajstić information content (AvgIpc) is 3.01. The lowest BCUT2D eigenvalue weighted by Gasteiger charge is -2.28. The molecule has 0 aliphatic heterocycles. The Morgan fingerprint density at radius 2 is 1.70 bits per heavy atom. The fourth-order valence-electron chi connectivity index (χ4n) is 5.28. The van der Waals surface area contributed by atoms with Gasteiger partial charge in [0.15, 0.2) is 5.82 Å². The van der Waals surface area contributed by atoms with Crippen LogP contribution in [0.2, 0.25) is 0 Å². The lowest BCUT2D eigenvalue weighted by molar-refractivity contribution is -0.129. The van der Waals surface area contributed by atoms with Crippen molar-refractivity contribution in [1.82, 2.24) is 20.3 Å². The summed E-state index contributed by atoms with van der Waals surface area (Å²) < 4.78 is 87.0. The first-order valence-electron chi connectivity index (χ1n) is 14.3. The lowest BCUT2D eigenvalue weighted by Crippen LogP contribution is -2.39. The maximum absolute atomic E-state index is 15.8. The minimum Gasteiger partial charge on any atom is -0.465 e. The zero-order chi connectivity index (χ0) is 33.1. The van der Waals surface area contributed by atoms with Gasteiger partial charge in [0.25, 0.3) is 0 Å². The number of nitrogens with one attached hydrogen (secondary N) is 3. The second kappa shape index (κ2) is 13.3. The molecule has 11 nitrogen and oxygen atoms in total. The third-order valence-corrected chi connectivity index (χ3v) is 8.79. The molecule has 2 heterocycles. The number of fused-ring (bicyclic) bond motifs is 1. The Kier molecular flexibility index (Phi) is 9.46. The first kappa shape index (κ1) is 32.7. The molecular weight excluding hydrogens is 632 g/mol. The van der Waals surface area contributed by atoms with Crippen molar-refractivity contribution in [3.63, 3.8) is 0 Å². The summed E-state index contributed by atoms with van der Waals surface area (Å²) >= 11 is 0. The monoisotopic (exact) mass is 662 g/mol. The molecule has 16 heteroatoms. The third-order valence-electron chi connectivity index (χ3n) is 7.53. The Morgan fingerprint density at radius 3 is 2.39 bits per heavy atom. The molecule has 0 spiro atoms. The molecule has 1 aliphatic carbocycles. The molecule has 0 bridgehead atoms. The summed E-state index contributed by atoms with van der Waals surface area (Å²) in [7, 11) is -4.55. The summed E-state index contributed by atoms with van der Waals surface area (Å²) in [5, 5.41) is 15.1. The van der Waals surface area contributed by atoms with Gasteiger partial charge in [0.2, 0.25) is 21.9 Å². The number of hydrogen-bond donors (Lipinski definition) is 4. The van der Waals surface area contributed by atoms with Gasteiger partial charge in [0.05, 0.1) is 29.1 Å². The third kappa shape index (κ3) is 7.91. The number of nitrogens with zero attached hydrogens (tertiary/aromatic N) is 3. The Balaban J connectivity index is 1.42. The van der Waals surface area contributed by atoms with E-state index in [0.717, 1.165) is 0 Å². The van der Waals surface area contributed by atoms with Crippen LogP contribution >= 0.6 is 0 Å². The normalized spacial score (nSPS) is 17.0. The molecule has 0 radical (unpaired) electrons. The maximum Gasteiger partial charge on any atom is 0.404 e. The van der Waals surface area contributed by atoms with Gasteiger partial charge in [-0.05, 0) is 50.8 Å². The van der Waals surface area contributed by atoms with Gasteiger partial charge >= 0.3 is 12.3 Å². The van der Waals surface area contributed by atoms with Crippen molar-refractivity contribution in [2.45, 2.75) is 57.3 Å². The van der Waals surface area contributed by atoms with E-state index < -0.39 is 46.0 Å². The highest BCUT2D eigenvalue weighted by atomic mass is 32.2. The van der Waals surface area contributed by atoms with Crippen molar-refractivity contribution in [3.05, 3.63) is 66.2 Å². The van der Waals surface area contributed by atoms with Crippen molar-refractivity contribution in [2.75, 3.05) is 15.8 Å². The van der Waals surface area contributed by atoms with Gasteiger partial charge in [0, 0.05) is 40.8 Å². The quantitative estimate of drug-likeness (QED) is 0.137. The van der Waals surface area contributed by atoms with Crippen LogP contribution in [-0.4, -0.2) is 58.6 Å². The fourth-order valence-corrected chi connectivity index (χ4v) is 6.39. The Bertz CT molecular complexity index is 1850. The van der Waals surface area contributed by atoms with E-state index in [1.807, 2.05) is 4.72 Å². The second-order valence-corrected chi connectivity index (χ2v) is 12.7. The number of rotatable bonds is 10. The first-order valence-corrected chi connectivity index (χ1v) is 15.9. The SMILES string of the molecule is Cc1c(F)c(NS(=O)(=O)CCC(F)(F)F)c2ccccc2c1Oc1ncccc1-c1ccnc(N[C@H]2CC[C@H](NC(=O)O)CC2)n1. The summed E-state index contributed by atoms with van der Waals surface area (Å²) in [6.07, 6.45) is -1.55. The zero-order valence-electron chi connectivity index (χ0n) is 24.4. The number of carbonyl (C=O) groups is 1. The molecule has 1 aliphatic rings. The highest BCUT2D eigenvalue weighted by Gasteiger charge is 2.31. The molecule has 0 unspecified atom stereocenters. The van der Waals surface area contributed by atoms with Gasteiger partial charge in [-0.25, -0.2) is 32.6 Å². The predicted octanol–water partition coefficient (Wildman–Crippen LogP) is 6.62. The van der Waals surface area contributed by atoms with E-state index in [4.69, 9.17) is 9.84 Å². The number of carboxylic acid groups (broad SMARTS) is 1. The van der Waals surface area contributed by atoms with E-state index in [-0.39, 0.29) is 34.7 Å². The van der Waals surface area contributed by atoms with Gasteiger partial charge in [-0.3, -0.25) is 4.72 Å². The van der Waals surface area contributed by atoms with E-state index in [9.17, 15) is 26.4 Å².